The highest BCUT2D eigenvalue weighted by Gasteiger charge is 2.24. The van der Waals surface area contributed by atoms with Crippen LogP contribution < -0.4 is 5.32 Å². The van der Waals surface area contributed by atoms with Crippen molar-refractivity contribution in [1.82, 2.24) is 24.3 Å². The van der Waals surface area contributed by atoms with Crippen molar-refractivity contribution < 1.29 is 26.7 Å². The van der Waals surface area contributed by atoms with Crippen molar-refractivity contribution in [1.29, 1.82) is 0 Å². The Balaban J connectivity index is 1.19. The van der Waals surface area contributed by atoms with Crippen molar-refractivity contribution >= 4 is 38.4 Å². The van der Waals surface area contributed by atoms with E-state index < -0.39 is 21.5 Å². The number of halogens is 2. The first-order chi connectivity index (χ1) is 19.8. The standard InChI is InChI=1S/C28H28F2N6O4S/c29-24-15-22(16-25(30)23(24)18-34-9-13-41(38,39)14-10-34)36-6-5-20-17-31-28(33-26(20)36)32-21-3-1-19(2-4-21)27(37)35-7-11-40-12-8-35/h1-6,15-17H,7-14,18H2,(H,31,32,33). The summed E-state index contributed by atoms with van der Waals surface area (Å²) >= 11 is 0. The number of aromatic nitrogens is 3. The van der Waals surface area contributed by atoms with Crippen LogP contribution in [0.4, 0.5) is 20.4 Å². The zero-order valence-electron chi connectivity index (χ0n) is 22.1. The molecule has 2 saturated heterocycles. The van der Waals surface area contributed by atoms with Gasteiger partial charge in [-0.15, -0.1) is 0 Å². The molecule has 13 heteroatoms. The van der Waals surface area contributed by atoms with E-state index in [1.165, 1.54) is 12.1 Å². The number of fused-ring (bicyclic) bond motifs is 1. The minimum atomic E-state index is -3.09. The Kier molecular flexibility index (Phi) is 7.41. The second-order valence-electron chi connectivity index (χ2n) is 10.1. The largest absolute Gasteiger partial charge is 0.378 e. The molecule has 4 heterocycles. The molecule has 6 rings (SSSR count). The van der Waals surface area contributed by atoms with Gasteiger partial charge in [0.15, 0.2) is 9.84 Å². The van der Waals surface area contributed by atoms with E-state index in [0.29, 0.717) is 48.6 Å². The number of anilines is 2. The first-order valence-electron chi connectivity index (χ1n) is 13.2. The molecule has 41 heavy (non-hydrogen) atoms. The second kappa shape index (κ2) is 11.1. The quantitative estimate of drug-likeness (QED) is 0.370. The molecule has 0 spiro atoms. The van der Waals surface area contributed by atoms with Gasteiger partial charge in [0.05, 0.1) is 30.4 Å². The average molecular weight is 583 g/mol. The molecule has 0 atom stereocenters. The fourth-order valence-electron chi connectivity index (χ4n) is 4.97. The number of carbonyl (C=O) groups is 1. The number of sulfone groups is 1. The number of nitrogens with zero attached hydrogens (tertiary/aromatic N) is 5. The van der Waals surface area contributed by atoms with E-state index in [1.807, 2.05) is 0 Å². The molecule has 0 saturated carbocycles. The summed E-state index contributed by atoms with van der Waals surface area (Å²) in [6, 6.07) is 11.2. The lowest BCUT2D eigenvalue weighted by molar-refractivity contribution is 0.0303. The SMILES string of the molecule is O=C(c1ccc(Nc2ncc3ccn(-c4cc(F)c(CN5CCS(=O)(=O)CC5)c(F)c4)c3n2)cc1)N1CCOCC1. The highest BCUT2D eigenvalue weighted by atomic mass is 32.2. The summed E-state index contributed by atoms with van der Waals surface area (Å²) in [6.07, 6.45) is 3.28. The summed E-state index contributed by atoms with van der Waals surface area (Å²) in [5.41, 5.74) is 1.86. The van der Waals surface area contributed by atoms with Crippen LogP contribution in [-0.4, -0.2) is 89.6 Å². The predicted molar refractivity (Wildman–Crippen MR) is 149 cm³/mol. The maximum absolute atomic E-state index is 15.1. The number of amides is 1. The highest BCUT2D eigenvalue weighted by Crippen LogP contribution is 2.25. The Morgan fingerprint density at radius 1 is 0.976 bits per heavy atom. The molecule has 0 aliphatic carbocycles. The first kappa shape index (κ1) is 27.2. The number of hydrogen-bond donors (Lipinski definition) is 1. The fraction of sp³-hybridized carbons (Fsp3) is 0.321. The van der Waals surface area contributed by atoms with E-state index >= 15 is 8.78 Å². The molecular weight excluding hydrogens is 554 g/mol. The maximum atomic E-state index is 15.1. The molecule has 10 nitrogen and oxygen atoms in total. The van der Waals surface area contributed by atoms with Crippen LogP contribution in [0.2, 0.25) is 0 Å². The topological polar surface area (TPSA) is 110 Å². The Hall–Kier alpha value is -3.94. The van der Waals surface area contributed by atoms with Crippen LogP contribution in [0.25, 0.3) is 16.7 Å². The van der Waals surface area contributed by atoms with Crippen molar-refractivity contribution in [2.75, 3.05) is 56.2 Å². The Morgan fingerprint density at radius 2 is 1.66 bits per heavy atom. The number of benzene rings is 2. The molecule has 1 amide bonds. The van der Waals surface area contributed by atoms with E-state index in [0.717, 1.165) is 0 Å². The Bertz CT molecular complexity index is 1670. The summed E-state index contributed by atoms with van der Waals surface area (Å²) < 4.78 is 60.5. The van der Waals surface area contributed by atoms with Crippen molar-refractivity contribution in [3.05, 3.63) is 77.6 Å². The summed E-state index contributed by atoms with van der Waals surface area (Å²) in [7, 11) is -3.09. The minimum absolute atomic E-state index is 0.00698. The molecule has 2 aromatic heterocycles. The van der Waals surface area contributed by atoms with Crippen LogP contribution in [0.15, 0.2) is 54.9 Å². The average Bonchev–Trinajstić information content (AvgIpc) is 3.39. The van der Waals surface area contributed by atoms with Gasteiger partial charge >= 0.3 is 0 Å². The van der Waals surface area contributed by atoms with Gasteiger partial charge in [-0.1, -0.05) is 0 Å². The van der Waals surface area contributed by atoms with Crippen LogP contribution in [0.5, 0.6) is 0 Å². The molecule has 0 bridgehead atoms. The first-order valence-corrected chi connectivity index (χ1v) is 15.1. The van der Waals surface area contributed by atoms with Crippen molar-refractivity contribution in [3.8, 4) is 5.69 Å². The molecule has 2 aliphatic rings. The number of morpholine rings is 1. The normalized spacial score (nSPS) is 17.6. The van der Waals surface area contributed by atoms with E-state index in [-0.39, 0.29) is 54.2 Å². The molecule has 0 unspecified atom stereocenters. The van der Waals surface area contributed by atoms with Gasteiger partial charge in [0.25, 0.3) is 5.91 Å². The predicted octanol–water partition coefficient (Wildman–Crippen LogP) is 3.15. The van der Waals surface area contributed by atoms with Crippen molar-refractivity contribution in [2.45, 2.75) is 6.54 Å². The molecule has 2 fully saturated rings. The third kappa shape index (κ3) is 5.92. The summed E-state index contributed by atoms with van der Waals surface area (Å²) in [6.45, 7) is 2.66. The van der Waals surface area contributed by atoms with Gasteiger partial charge in [0.1, 0.15) is 17.3 Å². The van der Waals surface area contributed by atoms with Gasteiger partial charge in [-0.25, -0.2) is 22.2 Å². The zero-order valence-corrected chi connectivity index (χ0v) is 22.9. The third-order valence-electron chi connectivity index (χ3n) is 7.34. The van der Waals surface area contributed by atoms with Crippen LogP contribution in [-0.2, 0) is 21.1 Å². The summed E-state index contributed by atoms with van der Waals surface area (Å²) in [5.74, 6) is -1.23. The van der Waals surface area contributed by atoms with Crippen LogP contribution in [0.3, 0.4) is 0 Å². The number of hydrogen-bond acceptors (Lipinski definition) is 8. The summed E-state index contributed by atoms with van der Waals surface area (Å²) in [5, 5.41) is 3.80. The smallest absolute Gasteiger partial charge is 0.254 e. The number of ether oxygens (including phenoxy) is 1. The molecule has 1 N–H and O–H groups in total. The molecule has 2 aliphatic heterocycles. The van der Waals surface area contributed by atoms with E-state index in [4.69, 9.17) is 4.74 Å². The highest BCUT2D eigenvalue weighted by molar-refractivity contribution is 7.91. The molecule has 0 radical (unpaired) electrons. The maximum Gasteiger partial charge on any atom is 0.254 e. The third-order valence-corrected chi connectivity index (χ3v) is 8.95. The lowest BCUT2D eigenvalue weighted by atomic mass is 10.1. The van der Waals surface area contributed by atoms with Gasteiger partial charge in [0.2, 0.25) is 5.95 Å². The van der Waals surface area contributed by atoms with E-state index in [2.05, 4.69) is 15.3 Å². The Morgan fingerprint density at radius 3 is 2.34 bits per heavy atom. The van der Waals surface area contributed by atoms with Gasteiger partial charge in [-0.3, -0.25) is 9.69 Å². The van der Waals surface area contributed by atoms with Gasteiger partial charge in [-0.2, -0.15) is 4.98 Å². The summed E-state index contributed by atoms with van der Waals surface area (Å²) in [4.78, 5) is 25.1. The van der Waals surface area contributed by atoms with Crippen molar-refractivity contribution in [2.24, 2.45) is 0 Å². The van der Waals surface area contributed by atoms with Crippen LogP contribution in [0, 0.1) is 11.6 Å². The van der Waals surface area contributed by atoms with Gasteiger partial charge in [0, 0.05) is 67.3 Å². The Labute approximate surface area is 235 Å². The number of nitrogens with one attached hydrogen (secondary N) is 1. The monoisotopic (exact) mass is 582 g/mol. The molecule has 214 valence electrons. The lowest BCUT2D eigenvalue weighted by Gasteiger charge is -2.26. The van der Waals surface area contributed by atoms with E-state index in [9.17, 15) is 13.2 Å². The number of rotatable bonds is 6. The van der Waals surface area contributed by atoms with Crippen molar-refractivity contribution in [3.63, 3.8) is 0 Å². The second-order valence-corrected chi connectivity index (χ2v) is 12.4. The number of carbonyl (C=O) groups excluding carboxylic acids is 1. The molecule has 4 aromatic rings. The van der Waals surface area contributed by atoms with Crippen LogP contribution >= 0.6 is 0 Å². The zero-order chi connectivity index (χ0) is 28.6. The molecule has 2 aromatic carbocycles. The fourth-order valence-corrected chi connectivity index (χ4v) is 6.25. The van der Waals surface area contributed by atoms with Crippen LogP contribution in [0.1, 0.15) is 15.9 Å². The minimum Gasteiger partial charge on any atom is -0.378 e. The lowest BCUT2D eigenvalue weighted by Crippen LogP contribution is -2.40. The van der Waals surface area contributed by atoms with Gasteiger partial charge < -0.3 is 19.5 Å². The molecular formula is C28H28F2N6O4S. The van der Waals surface area contributed by atoms with Gasteiger partial charge in [-0.05, 0) is 42.5 Å². The van der Waals surface area contributed by atoms with E-state index in [1.54, 1.807) is 57.1 Å².